The molecule has 4 aromatic rings. The summed E-state index contributed by atoms with van der Waals surface area (Å²) in [5, 5.41) is 13.0. The van der Waals surface area contributed by atoms with Crippen molar-refractivity contribution >= 4 is 39.6 Å². The molecule has 0 saturated carbocycles. The normalized spacial score (nSPS) is 16.9. The number of benzene rings is 2. The zero-order valence-corrected chi connectivity index (χ0v) is 19.5. The van der Waals surface area contributed by atoms with Crippen LogP contribution < -0.4 is 21.7 Å². The molecule has 1 aliphatic rings. The third kappa shape index (κ3) is 5.12. The van der Waals surface area contributed by atoms with Gasteiger partial charge in [-0.3, -0.25) is 20.1 Å². The standard InChI is InChI=1S/C27H27N7O/c1-18(35)31-16-23-5-4-22-12-19(3-7-25(22)34-23)14-27(17-29-10-11-32-27)33-15-20-2-6-24-21(13-20)8-9-30-26(24)28/h2-13,17,32-33H,14-16H2,1H3,(H2,28,30)(H,31,35). The molecule has 3 heterocycles. The molecule has 0 radical (unpaired) electrons. The molecule has 0 spiro atoms. The van der Waals surface area contributed by atoms with Gasteiger partial charge in [0.25, 0.3) is 0 Å². The van der Waals surface area contributed by atoms with Gasteiger partial charge >= 0.3 is 0 Å². The highest BCUT2D eigenvalue weighted by molar-refractivity contribution is 5.91. The van der Waals surface area contributed by atoms with Crippen molar-refractivity contribution in [2.24, 2.45) is 4.99 Å². The number of amides is 1. The number of rotatable bonds is 7. The first-order chi connectivity index (χ1) is 17.0. The highest BCUT2D eigenvalue weighted by Crippen LogP contribution is 2.22. The van der Waals surface area contributed by atoms with Crippen LogP contribution in [-0.4, -0.2) is 27.8 Å². The Bertz CT molecular complexity index is 1460. The van der Waals surface area contributed by atoms with Gasteiger partial charge < -0.3 is 16.4 Å². The van der Waals surface area contributed by atoms with E-state index in [0.29, 0.717) is 25.3 Å². The second kappa shape index (κ2) is 9.52. The van der Waals surface area contributed by atoms with Crippen LogP contribution in [0.25, 0.3) is 21.7 Å². The second-order valence-corrected chi connectivity index (χ2v) is 8.73. The zero-order chi connectivity index (χ0) is 24.3. The van der Waals surface area contributed by atoms with Gasteiger partial charge in [-0.05, 0) is 46.8 Å². The van der Waals surface area contributed by atoms with Crippen molar-refractivity contribution in [1.29, 1.82) is 0 Å². The van der Waals surface area contributed by atoms with E-state index in [-0.39, 0.29) is 5.91 Å². The molecule has 5 rings (SSSR count). The Labute approximate surface area is 203 Å². The summed E-state index contributed by atoms with van der Waals surface area (Å²) in [6.45, 7) is 2.57. The molecule has 35 heavy (non-hydrogen) atoms. The van der Waals surface area contributed by atoms with Gasteiger partial charge in [0.2, 0.25) is 5.91 Å². The molecule has 0 bridgehead atoms. The summed E-state index contributed by atoms with van der Waals surface area (Å²) in [5.41, 5.74) is 9.48. The summed E-state index contributed by atoms with van der Waals surface area (Å²) in [4.78, 5) is 24.4. The number of fused-ring (bicyclic) bond motifs is 2. The maximum Gasteiger partial charge on any atom is 0.217 e. The lowest BCUT2D eigenvalue weighted by atomic mass is 9.97. The number of nitrogen functional groups attached to an aromatic ring is 1. The van der Waals surface area contributed by atoms with Crippen molar-refractivity contribution < 1.29 is 4.79 Å². The van der Waals surface area contributed by atoms with Crippen LogP contribution in [0.3, 0.4) is 0 Å². The minimum atomic E-state index is -0.534. The van der Waals surface area contributed by atoms with E-state index < -0.39 is 5.66 Å². The molecular weight excluding hydrogens is 438 g/mol. The lowest BCUT2D eigenvalue weighted by molar-refractivity contribution is -0.119. The van der Waals surface area contributed by atoms with Gasteiger partial charge in [-0.25, -0.2) is 4.98 Å². The van der Waals surface area contributed by atoms with Crippen LogP contribution in [0.4, 0.5) is 5.82 Å². The van der Waals surface area contributed by atoms with E-state index in [9.17, 15) is 4.79 Å². The molecule has 8 heteroatoms. The summed E-state index contributed by atoms with van der Waals surface area (Å²) in [7, 11) is 0. The van der Waals surface area contributed by atoms with Gasteiger partial charge in [0.05, 0.1) is 17.8 Å². The number of nitrogens with one attached hydrogen (secondary N) is 3. The van der Waals surface area contributed by atoms with E-state index in [4.69, 9.17) is 5.73 Å². The molecule has 0 saturated heterocycles. The lowest BCUT2D eigenvalue weighted by Gasteiger charge is -2.33. The number of aliphatic imine (C=N–C) groups is 1. The van der Waals surface area contributed by atoms with Gasteiger partial charge in [0.15, 0.2) is 0 Å². The molecule has 1 atom stereocenters. The number of hydrogen-bond donors (Lipinski definition) is 4. The SMILES string of the molecule is CC(=O)NCc1ccc2cc(CC3(NCc4ccc5c(N)nccc5c4)C=NC=CN3)ccc2n1. The number of anilines is 1. The smallest absolute Gasteiger partial charge is 0.217 e. The fourth-order valence-corrected chi connectivity index (χ4v) is 4.28. The Morgan fingerprint density at radius 2 is 1.89 bits per heavy atom. The van der Waals surface area contributed by atoms with Crippen molar-refractivity contribution in [2.75, 3.05) is 5.73 Å². The van der Waals surface area contributed by atoms with Gasteiger partial charge in [-0.15, -0.1) is 0 Å². The zero-order valence-electron chi connectivity index (χ0n) is 19.5. The molecule has 5 N–H and O–H groups in total. The highest BCUT2D eigenvalue weighted by Gasteiger charge is 2.28. The van der Waals surface area contributed by atoms with Crippen LogP contribution in [0.2, 0.25) is 0 Å². The molecule has 0 fully saturated rings. The van der Waals surface area contributed by atoms with E-state index in [1.807, 2.05) is 42.7 Å². The van der Waals surface area contributed by atoms with Crippen LogP contribution in [-0.2, 0) is 24.3 Å². The molecule has 8 nitrogen and oxygen atoms in total. The summed E-state index contributed by atoms with van der Waals surface area (Å²) >= 11 is 0. The summed E-state index contributed by atoms with van der Waals surface area (Å²) < 4.78 is 0. The van der Waals surface area contributed by atoms with E-state index in [2.05, 4.69) is 55.2 Å². The number of hydrogen-bond acceptors (Lipinski definition) is 7. The Morgan fingerprint density at radius 1 is 1.03 bits per heavy atom. The van der Waals surface area contributed by atoms with Gasteiger partial charge in [0, 0.05) is 55.5 Å². The lowest BCUT2D eigenvalue weighted by Crippen LogP contribution is -2.58. The van der Waals surface area contributed by atoms with Crippen LogP contribution in [0.1, 0.15) is 23.7 Å². The minimum Gasteiger partial charge on any atom is -0.383 e. The molecule has 1 amide bonds. The van der Waals surface area contributed by atoms with Crippen molar-refractivity contribution in [3.05, 3.63) is 90.0 Å². The van der Waals surface area contributed by atoms with E-state index >= 15 is 0 Å². The Kier molecular flexibility index (Phi) is 6.12. The number of nitrogens with two attached hydrogens (primary N) is 1. The quantitative estimate of drug-likeness (QED) is 0.333. The third-order valence-electron chi connectivity index (χ3n) is 6.08. The molecule has 0 aliphatic carbocycles. The van der Waals surface area contributed by atoms with E-state index in [1.165, 1.54) is 6.92 Å². The first-order valence-electron chi connectivity index (χ1n) is 11.5. The maximum atomic E-state index is 11.2. The van der Waals surface area contributed by atoms with Crippen LogP contribution >= 0.6 is 0 Å². The first kappa shape index (κ1) is 22.5. The van der Waals surface area contributed by atoms with Crippen LogP contribution in [0, 0.1) is 0 Å². The number of nitrogens with zero attached hydrogens (tertiary/aromatic N) is 3. The number of carbonyl (C=O) groups is 1. The predicted molar refractivity (Wildman–Crippen MR) is 139 cm³/mol. The number of pyridine rings is 2. The number of aromatic nitrogens is 2. The molecular formula is C27H27N7O. The van der Waals surface area contributed by atoms with Crippen molar-refractivity contribution in [3.8, 4) is 0 Å². The average molecular weight is 466 g/mol. The highest BCUT2D eigenvalue weighted by atomic mass is 16.1. The van der Waals surface area contributed by atoms with Crippen LogP contribution in [0.5, 0.6) is 0 Å². The topological polar surface area (TPSA) is 117 Å². The predicted octanol–water partition coefficient (Wildman–Crippen LogP) is 3.18. The Balaban J connectivity index is 1.34. The molecule has 2 aromatic carbocycles. The largest absolute Gasteiger partial charge is 0.383 e. The van der Waals surface area contributed by atoms with Gasteiger partial charge in [-0.1, -0.05) is 24.3 Å². The maximum absolute atomic E-state index is 11.2. The Hall–Kier alpha value is -4.30. The summed E-state index contributed by atoms with van der Waals surface area (Å²) in [6.07, 6.45) is 7.93. The molecule has 1 aliphatic heterocycles. The summed E-state index contributed by atoms with van der Waals surface area (Å²) in [6, 6.07) is 18.4. The fourth-order valence-electron chi connectivity index (χ4n) is 4.28. The first-order valence-corrected chi connectivity index (χ1v) is 11.5. The van der Waals surface area contributed by atoms with Gasteiger partial charge in [-0.2, -0.15) is 0 Å². The molecule has 2 aromatic heterocycles. The van der Waals surface area contributed by atoms with Crippen LogP contribution in [0.15, 0.2) is 78.2 Å². The summed E-state index contributed by atoms with van der Waals surface area (Å²) in [5.74, 6) is 0.471. The monoisotopic (exact) mass is 465 g/mol. The minimum absolute atomic E-state index is 0.0689. The van der Waals surface area contributed by atoms with E-state index in [1.54, 1.807) is 12.4 Å². The number of carbonyl (C=O) groups excluding carboxylic acids is 1. The Morgan fingerprint density at radius 3 is 2.71 bits per heavy atom. The van der Waals surface area contributed by atoms with Crippen molar-refractivity contribution in [2.45, 2.75) is 32.1 Å². The molecule has 1 unspecified atom stereocenters. The average Bonchev–Trinajstić information content (AvgIpc) is 2.87. The molecule has 176 valence electrons. The van der Waals surface area contributed by atoms with E-state index in [0.717, 1.165) is 38.5 Å². The second-order valence-electron chi connectivity index (χ2n) is 8.73. The third-order valence-corrected chi connectivity index (χ3v) is 6.08. The fraction of sp³-hybridized carbons (Fsp3) is 0.185. The van der Waals surface area contributed by atoms with Crippen molar-refractivity contribution in [1.82, 2.24) is 25.9 Å². The van der Waals surface area contributed by atoms with Gasteiger partial charge in [0.1, 0.15) is 11.5 Å². The van der Waals surface area contributed by atoms with Crippen molar-refractivity contribution in [3.63, 3.8) is 0 Å².